The molecule has 0 spiro atoms. The van der Waals surface area contributed by atoms with Gasteiger partial charge in [-0.15, -0.1) is 0 Å². The molecule has 5 nitrogen and oxygen atoms in total. The molecule has 0 aliphatic heterocycles. The molecule has 1 aliphatic carbocycles. The molecule has 1 atom stereocenters. The number of aliphatic hydroxyl groups excluding tert-OH is 1. The third-order valence-electron chi connectivity index (χ3n) is 3.06. The quantitative estimate of drug-likeness (QED) is 0.816. The summed E-state index contributed by atoms with van der Waals surface area (Å²) in [5, 5.41) is 9.71. The Morgan fingerprint density at radius 2 is 2.21 bits per heavy atom. The average Bonchev–Trinajstić information content (AvgIpc) is 3.20. The van der Waals surface area contributed by atoms with Crippen molar-refractivity contribution in [2.24, 2.45) is 5.92 Å². The van der Waals surface area contributed by atoms with E-state index in [4.69, 9.17) is 4.74 Å². The average molecular weight is 350 g/mol. The van der Waals surface area contributed by atoms with E-state index in [2.05, 4.69) is 20.7 Å². The van der Waals surface area contributed by atoms with Gasteiger partial charge in [-0.2, -0.15) is 0 Å². The fourth-order valence-corrected chi connectivity index (χ4v) is 3.54. The van der Waals surface area contributed by atoms with Crippen molar-refractivity contribution in [3.05, 3.63) is 22.7 Å². The van der Waals surface area contributed by atoms with Crippen LogP contribution in [-0.2, 0) is 10.0 Å². The van der Waals surface area contributed by atoms with Gasteiger partial charge < -0.3 is 9.84 Å². The van der Waals surface area contributed by atoms with E-state index in [0.29, 0.717) is 4.47 Å². The van der Waals surface area contributed by atoms with Gasteiger partial charge in [-0.3, -0.25) is 0 Å². The lowest BCUT2D eigenvalue weighted by Crippen LogP contribution is -2.33. The summed E-state index contributed by atoms with van der Waals surface area (Å²) in [6, 6.07) is 4.76. The van der Waals surface area contributed by atoms with Gasteiger partial charge in [0, 0.05) is 11.0 Å². The van der Waals surface area contributed by atoms with Crippen LogP contribution < -0.4 is 9.46 Å². The van der Waals surface area contributed by atoms with Crippen LogP contribution in [0.15, 0.2) is 27.6 Å². The van der Waals surface area contributed by atoms with Gasteiger partial charge in [0.2, 0.25) is 10.0 Å². The normalized spacial score (nSPS) is 17.2. The zero-order chi connectivity index (χ0) is 14.0. The number of sulfonamides is 1. The van der Waals surface area contributed by atoms with Gasteiger partial charge in [-0.1, -0.05) is 15.9 Å². The third-order valence-corrected chi connectivity index (χ3v) is 5.00. The van der Waals surface area contributed by atoms with Crippen molar-refractivity contribution in [3.8, 4) is 5.75 Å². The molecule has 0 aromatic heterocycles. The van der Waals surface area contributed by atoms with Crippen LogP contribution >= 0.6 is 15.9 Å². The Kier molecular flexibility index (Phi) is 4.50. The zero-order valence-electron chi connectivity index (χ0n) is 10.5. The van der Waals surface area contributed by atoms with Gasteiger partial charge in [0.05, 0.1) is 13.2 Å². The van der Waals surface area contributed by atoms with E-state index in [1.54, 1.807) is 12.1 Å². The molecular formula is C12H16BrNO4S. The van der Waals surface area contributed by atoms with E-state index in [1.165, 1.54) is 13.2 Å². The fraction of sp³-hybridized carbons (Fsp3) is 0.500. The summed E-state index contributed by atoms with van der Waals surface area (Å²) in [5.41, 5.74) is 0. The van der Waals surface area contributed by atoms with Crippen molar-refractivity contribution in [2.75, 3.05) is 13.7 Å². The van der Waals surface area contributed by atoms with Gasteiger partial charge in [0.25, 0.3) is 0 Å². The smallest absolute Gasteiger partial charge is 0.244 e. The number of hydrogen-bond acceptors (Lipinski definition) is 4. The van der Waals surface area contributed by atoms with Crippen molar-refractivity contribution in [2.45, 2.75) is 23.8 Å². The first-order valence-electron chi connectivity index (χ1n) is 5.95. The van der Waals surface area contributed by atoms with Crippen LogP contribution in [0.4, 0.5) is 0 Å². The summed E-state index contributed by atoms with van der Waals surface area (Å²) >= 11 is 3.23. The number of nitrogens with one attached hydrogen (secondary N) is 1. The number of ether oxygens (including phenoxy) is 1. The number of benzene rings is 1. The highest BCUT2D eigenvalue weighted by molar-refractivity contribution is 9.10. The number of aliphatic hydroxyl groups is 1. The molecule has 1 aliphatic rings. The van der Waals surface area contributed by atoms with Crippen LogP contribution in [0, 0.1) is 5.92 Å². The minimum atomic E-state index is -3.69. The fourth-order valence-electron chi connectivity index (χ4n) is 1.78. The van der Waals surface area contributed by atoms with Crippen molar-refractivity contribution in [3.63, 3.8) is 0 Å². The van der Waals surface area contributed by atoms with Crippen molar-refractivity contribution < 1.29 is 18.3 Å². The van der Waals surface area contributed by atoms with Gasteiger partial charge in [0.15, 0.2) is 0 Å². The highest BCUT2D eigenvalue weighted by Gasteiger charge is 2.31. The molecule has 2 N–H and O–H groups in total. The van der Waals surface area contributed by atoms with Crippen LogP contribution in [0.25, 0.3) is 0 Å². The van der Waals surface area contributed by atoms with E-state index in [0.717, 1.165) is 12.8 Å². The van der Waals surface area contributed by atoms with Crippen molar-refractivity contribution in [1.29, 1.82) is 0 Å². The minimum absolute atomic E-state index is 0.0304. The lowest BCUT2D eigenvalue weighted by Gasteiger charge is -2.13. The molecule has 0 amide bonds. The summed E-state index contributed by atoms with van der Waals surface area (Å²) in [6.07, 6.45) is 1.31. The second-order valence-corrected chi connectivity index (χ2v) is 7.20. The lowest BCUT2D eigenvalue weighted by atomic mass is 10.2. The Hall–Kier alpha value is -0.630. The lowest BCUT2D eigenvalue weighted by molar-refractivity contribution is 0.155. The largest absolute Gasteiger partial charge is 0.495 e. The maximum Gasteiger partial charge on any atom is 0.244 e. The monoisotopic (exact) mass is 349 g/mol. The number of hydrogen-bond donors (Lipinski definition) is 2. The molecule has 0 radical (unpaired) electrons. The van der Waals surface area contributed by atoms with Crippen LogP contribution in [0.5, 0.6) is 5.75 Å². The molecule has 19 heavy (non-hydrogen) atoms. The number of rotatable bonds is 6. The molecule has 0 bridgehead atoms. The summed E-state index contributed by atoms with van der Waals surface area (Å²) in [6.45, 7) is 0.0304. The van der Waals surface area contributed by atoms with Crippen molar-refractivity contribution >= 4 is 26.0 Å². The second-order valence-electron chi connectivity index (χ2n) is 4.55. The number of halogens is 1. The third kappa shape index (κ3) is 3.68. The first kappa shape index (κ1) is 14.8. The Balaban J connectivity index is 2.15. The number of methoxy groups -OCH3 is 1. The highest BCUT2D eigenvalue weighted by Crippen LogP contribution is 2.32. The molecule has 1 fully saturated rings. The van der Waals surface area contributed by atoms with E-state index in [9.17, 15) is 13.5 Å². The second kappa shape index (κ2) is 5.78. The maximum absolute atomic E-state index is 12.2. The molecule has 7 heteroatoms. The highest BCUT2D eigenvalue weighted by atomic mass is 79.9. The molecule has 1 aromatic carbocycles. The van der Waals surface area contributed by atoms with E-state index >= 15 is 0 Å². The van der Waals surface area contributed by atoms with Crippen LogP contribution in [-0.4, -0.2) is 33.3 Å². The molecule has 2 rings (SSSR count). The summed E-state index contributed by atoms with van der Waals surface area (Å²) in [5.74, 6) is 0.503. The minimum Gasteiger partial charge on any atom is -0.495 e. The molecule has 1 saturated carbocycles. The Morgan fingerprint density at radius 1 is 1.53 bits per heavy atom. The molecular weight excluding hydrogens is 334 g/mol. The van der Waals surface area contributed by atoms with Crippen molar-refractivity contribution in [1.82, 2.24) is 4.72 Å². The standard InChI is InChI=1S/C12H16BrNO4S/c1-18-11-5-4-9(13)6-12(11)19(16,17)14-7-10(15)8-2-3-8/h4-6,8,10,14-15H,2-3,7H2,1H3. The van der Waals surface area contributed by atoms with Crippen LogP contribution in [0.1, 0.15) is 12.8 Å². The Bertz CT molecular complexity index is 557. The predicted octanol–water partition coefficient (Wildman–Crippen LogP) is 1.51. The first-order valence-corrected chi connectivity index (χ1v) is 8.23. The summed E-state index contributed by atoms with van der Waals surface area (Å²) < 4.78 is 32.5. The van der Waals surface area contributed by atoms with Crippen LogP contribution in [0.3, 0.4) is 0 Å². The van der Waals surface area contributed by atoms with Gasteiger partial charge in [-0.25, -0.2) is 13.1 Å². The SMILES string of the molecule is COc1ccc(Br)cc1S(=O)(=O)NCC(O)C1CC1. The van der Waals surface area contributed by atoms with Crippen LogP contribution in [0.2, 0.25) is 0 Å². The van der Waals surface area contributed by atoms with E-state index in [-0.39, 0.29) is 23.1 Å². The molecule has 0 saturated heterocycles. The molecule has 0 heterocycles. The Morgan fingerprint density at radius 3 is 2.79 bits per heavy atom. The molecule has 1 aromatic rings. The van der Waals surface area contributed by atoms with E-state index < -0.39 is 16.1 Å². The first-order chi connectivity index (χ1) is 8.94. The summed E-state index contributed by atoms with van der Waals surface area (Å²) in [7, 11) is -2.27. The summed E-state index contributed by atoms with van der Waals surface area (Å²) in [4.78, 5) is 0.0624. The zero-order valence-corrected chi connectivity index (χ0v) is 12.9. The predicted molar refractivity (Wildman–Crippen MR) is 74.6 cm³/mol. The van der Waals surface area contributed by atoms with Gasteiger partial charge >= 0.3 is 0 Å². The Labute approximate surface area is 121 Å². The molecule has 106 valence electrons. The van der Waals surface area contributed by atoms with Gasteiger partial charge in [-0.05, 0) is 37.0 Å². The van der Waals surface area contributed by atoms with Gasteiger partial charge in [0.1, 0.15) is 10.6 Å². The maximum atomic E-state index is 12.2. The van der Waals surface area contributed by atoms with E-state index in [1.807, 2.05) is 0 Å². The topological polar surface area (TPSA) is 75.6 Å². The molecule has 1 unspecified atom stereocenters.